The highest BCUT2D eigenvalue weighted by atomic mass is 79.9. The van der Waals surface area contributed by atoms with Crippen LogP contribution in [0.25, 0.3) is 11.3 Å². The van der Waals surface area contributed by atoms with E-state index in [1.54, 1.807) is 6.07 Å². The summed E-state index contributed by atoms with van der Waals surface area (Å²) in [5.41, 5.74) is 5.96. The molecule has 0 aliphatic rings. The SMILES string of the molecule is Nc1cc(-c2cc(O)c(O)c(Br)c2)on1. The van der Waals surface area contributed by atoms with Gasteiger partial charge in [0.1, 0.15) is 0 Å². The van der Waals surface area contributed by atoms with E-state index in [9.17, 15) is 10.2 Å². The van der Waals surface area contributed by atoms with E-state index in [1.165, 1.54) is 12.1 Å². The Balaban J connectivity index is 2.55. The Morgan fingerprint density at radius 1 is 1.27 bits per heavy atom. The lowest BCUT2D eigenvalue weighted by atomic mass is 10.1. The quantitative estimate of drug-likeness (QED) is 0.690. The Morgan fingerprint density at radius 3 is 2.53 bits per heavy atom. The van der Waals surface area contributed by atoms with E-state index in [1.807, 2.05) is 0 Å². The molecule has 15 heavy (non-hydrogen) atoms. The summed E-state index contributed by atoms with van der Waals surface area (Å²) in [4.78, 5) is 0. The van der Waals surface area contributed by atoms with Gasteiger partial charge in [0.2, 0.25) is 0 Å². The smallest absolute Gasteiger partial charge is 0.171 e. The molecule has 0 bridgehead atoms. The third-order valence-corrected chi connectivity index (χ3v) is 2.46. The number of phenols is 2. The Morgan fingerprint density at radius 2 is 2.00 bits per heavy atom. The average Bonchev–Trinajstić information content (AvgIpc) is 2.60. The van der Waals surface area contributed by atoms with Gasteiger partial charge in [-0.2, -0.15) is 0 Å². The number of phenolic OH excluding ortho intramolecular Hbond substituents is 2. The Hall–Kier alpha value is -1.69. The van der Waals surface area contributed by atoms with Crippen LogP contribution in [0.3, 0.4) is 0 Å². The molecule has 2 aromatic rings. The number of hydrogen-bond donors (Lipinski definition) is 3. The number of aromatic nitrogens is 1. The van der Waals surface area contributed by atoms with Gasteiger partial charge in [-0.1, -0.05) is 5.16 Å². The molecule has 0 saturated carbocycles. The van der Waals surface area contributed by atoms with Crippen LogP contribution in [0, 0.1) is 0 Å². The van der Waals surface area contributed by atoms with Crippen molar-refractivity contribution in [2.24, 2.45) is 0 Å². The zero-order valence-electron chi connectivity index (χ0n) is 7.44. The minimum Gasteiger partial charge on any atom is -0.504 e. The first-order chi connectivity index (χ1) is 7.08. The second kappa shape index (κ2) is 3.47. The van der Waals surface area contributed by atoms with Crippen LogP contribution in [-0.4, -0.2) is 15.4 Å². The van der Waals surface area contributed by atoms with Crippen molar-refractivity contribution in [1.29, 1.82) is 0 Å². The summed E-state index contributed by atoms with van der Waals surface area (Å²) >= 11 is 3.10. The van der Waals surface area contributed by atoms with Gasteiger partial charge in [-0.25, -0.2) is 0 Å². The molecule has 0 aliphatic heterocycles. The van der Waals surface area contributed by atoms with Crippen molar-refractivity contribution >= 4 is 21.7 Å². The lowest BCUT2D eigenvalue weighted by Crippen LogP contribution is -1.80. The third kappa shape index (κ3) is 1.75. The normalized spacial score (nSPS) is 10.5. The van der Waals surface area contributed by atoms with Crippen molar-refractivity contribution in [3.05, 3.63) is 22.7 Å². The molecular formula is C9H7BrN2O3. The van der Waals surface area contributed by atoms with Crippen LogP contribution in [0.4, 0.5) is 5.82 Å². The summed E-state index contributed by atoms with van der Waals surface area (Å²) in [5, 5.41) is 22.2. The number of nitrogen functional groups attached to an aromatic ring is 1. The predicted molar refractivity (Wildman–Crippen MR) is 57.4 cm³/mol. The van der Waals surface area contributed by atoms with Gasteiger partial charge in [-0.3, -0.25) is 0 Å². The minimum atomic E-state index is -0.241. The number of rotatable bonds is 1. The van der Waals surface area contributed by atoms with E-state index in [-0.39, 0.29) is 17.3 Å². The summed E-state index contributed by atoms with van der Waals surface area (Å²) in [6.07, 6.45) is 0. The fourth-order valence-electron chi connectivity index (χ4n) is 1.15. The molecule has 78 valence electrons. The second-order valence-corrected chi connectivity index (χ2v) is 3.80. The molecule has 5 nitrogen and oxygen atoms in total. The Kier molecular flexibility index (Phi) is 2.28. The molecule has 0 aliphatic carbocycles. The fraction of sp³-hybridized carbons (Fsp3) is 0. The highest BCUT2D eigenvalue weighted by Crippen LogP contribution is 2.37. The summed E-state index contributed by atoms with van der Waals surface area (Å²) in [5.74, 6) is 0.220. The van der Waals surface area contributed by atoms with Gasteiger partial charge in [-0.15, -0.1) is 0 Å². The summed E-state index contributed by atoms with van der Waals surface area (Å²) in [6, 6.07) is 4.48. The fourth-order valence-corrected chi connectivity index (χ4v) is 1.60. The van der Waals surface area contributed by atoms with Gasteiger partial charge in [0, 0.05) is 11.6 Å². The Labute approximate surface area is 93.2 Å². The first-order valence-corrected chi connectivity index (χ1v) is 4.81. The van der Waals surface area contributed by atoms with E-state index in [2.05, 4.69) is 21.1 Å². The highest BCUT2D eigenvalue weighted by molar-refractivity contribution is 9.10. The number of halogens is 1. The van der Waals surface area contributed by atoms with Gasteiger partial charge in [0.25, 0.3) is 0 Å². The third-order valence-electron chi connectivity index (χ3n) is 1.86. The van der Waals surface area contributed by atoms with Crippen molar-refractivity contribution in [1.82, 2.24) is 5.16 Å². The number of nitrogens with zero attached hydrogens (tertiary/aromatic N) is 1. The zero-order valence-corrected chi connectivity index (χ0v) is 9.02. The average molecular weight is 271 g/mol. The maximum absolute atomic E-state index is 9.38. The first-order valence-electron chi connectivity index (χ1n) is 4.02. The molecule has 2 rings (SSSR count). The van der Waals surface area contributed by atoms with E-state index in [4.69, 9.17) is 10.3 Å². The second-order valence-electron chi connectivity index (χ2n) is 2.94. The summed E-state index contributed by atoms with van der Waals surface area (Å²) < 4.78 is 5.28. The number of benzene rings is 1. The maximum Gasteiger partial charge on any atom is 0.171 e. The van der Waals surface area contributed by atoms with Gasteiger partial charge in [0.15, 0.2) is 23.1 Å². The molecule has 0 spiro atoms. The van der Waals surface area contributed by atoms with E-state index in [0.29, 0.717) is 15.8 Å². The number of anilines is 1. The van der Waals surface area contributed by atoms with Gasteiger partial charge in [0.05, 0.1) is 4.47 Å². The van der Waals surface area contributed by atoms with Crippen LogP contribution in [0.5, 0.6) is 11.5 Å². The molecular weight excluding hydrogens is 264 g/mol. The molecule has 1 aromatic heterocycles. The van der Waals surface area contributed by atoms with Crippen molar-refractivity contribution < 1.29 is 14.7 Å². The number of hydrogen-bond acceptors (Lipinski definition) is 5. The lowest BCUT2D eigenvalue weighted by Gasteiger charge is -2.02. The maximum atomic E-state index is 9.38. The molecule has 0 fully saturated rings. The minimum absolute atomic E-state index is 0.216. The number of nitrogens with two attached hydrogens (primary N) is 1. The van der Waals surface area contributed by atoms with Crippen molar-refractivity contribution in [3.8, 4) is 22.8 Å². The molecule has 4 N–H and O–H groups in total. The molecule has 0 radical (unpaired) electrons. The van der Waals surface area contributed by atoms with Crippen LogP contribution in [-0.2, 0) is 0 Å². The molecule has 0 saturated heterocycles. The van der Waals surface area contributed by atoms with E-state index >= 15 is 0 Å². The first kappa shape index (κ1) is 9.85. The lowest BCUT2D eigenvalue weighted by molar-refractivity contribution is 0.400. The monoisotopic (exact) mass is 270 g/mol. The molecule has 0 amide bonds. The van der Waals surface area contributed by atoms with Crippen LogP contribution >= 0.6 is 15.9 Å². The molecule has 0 unspecified atom stereocenters. The van der Waals surface area contributed by atoms with Crippen LogP contribution < -0.4 is 5.73 Å². The van der Waals surface area contributed by atoms with Crippen LogP contribution in [0.1, 0.15) is 0 Å². The summed E-state index contributed by atoms with van der Waals surface area (Å²) in [7, 11) is 0. The molecule has 1 aromatic carbocycles. The summed E-state index contributed by atoms with van der Waals surface area (Å²) in [6.45, 7) is 0. The Bertz CT molecular complexity index is 487. The molecule has 0 atom stereocenters. The van der Waals surface area contributed by atoms with Crippen molar-refractivity contribution in [2.45, 2.75) is 0 Å². The largest absolute Gasteiger partial charge is 0.504 e. The molecule has 6 heteroatoms. The standard InChI is InChI=1S/C9H7BrN2O3/c10-5-1-4(2-6(13)9(5)14)7-3-8(11)12-15-7/h1-3,13-14H,(H2,11,12). The van der Waals surface area contributed by atoms with Gasteiger partial charge < -0.3 is 20.5 Å². The van der Waals surface area contributed by atoms with E-state index in [0.717, 1.165) is 0 Å². The van der Waals surface area contributed by atoms with Crippen LogP contribution in [0.2, 0.25) is 0 Å². The highest BCUT2D eigenvalue weighted by Gasteiger charge is 2.11. The van der Waals surface area contributed by atoms with Gasteiger partial charge in [-0.05, 0) is 28.1 Å². The number of aromatic hydroxyl groups is 2. The molecule has 1 heterocycles. The van der Waals surface area contributed by atoms with Crippen LogP contribution in [0.15, 0.2) is 27.2 Å². The van der Waals surface area contributed by atoms with Crippen molar-refractivity contribution in [3.63, 3.8) is 0 Å². The topological polar surface area (TPSA) is 92.5 Å². The van der Waals surface area contributed by atoms with Crippen molar-refractivity contribution in [2.75, 3.05) is 5.73 Å². The zero-order chi connectivity index (χ0) is 11.0. The van der Waals surface area contributed by atoms with E-state index < -0.39 is 0 Å². The predicted octanol–water partition coefficient (Wildman–Crippen LogP) is 2.10. The van der Waals surface area contributed by atoms with Gasteiger partial charge >= 0.3 is 0 Å².